The summed E-state index contributed by atoms with van der Waals surface area (Å²) in [7, 11) is 0. The second-order valence-corrected chi connectivity index (χ2v) is 12.2. The number of carboxylic acid groups (broad SMARTS) is 1. The lowest BCUT2D eigenvalue weighted by Crippen LogP contribution is -2.26. The molecule has 1 aromatic carbocycles. The molecular weight excluding hydrogens is 540 g/mol. The molecule has 1 atom stereocenters. The van der Waals surface area contributed by atoms with E-state index in [-0.39, 0.29) is 11.1 Å². The van der Waals surface area contributed by atoms with Crippen LogP contribution in [0.3, 0.4) is 0 Å². The van der Waals surface area contributed by atoms with Crippen LogP contribution in [0.15, 0.2) is 18.2 Å². The third-order valence-electron chi connectivity index (χ3n) is 8.24. The number of esters is 2. The van der Waals surface area contributed by atoms with Crippen LogP contribution in [0.1, 0.15) is 188 Å². The van der Waals surface area contributed by atoms with Crippen LogP contribution >= 0.6 is 0 Å². The van der Waals surface area contributed by atoms with Crippen molar-refractivity contribution in [1.29, 1.82) is 0 Å². The predicted octanol–water partition coefficient (Wildman–Crippen LogP) is 10.6. The van der Waals surface area contributed by atoms with Crippen molar-refractivity contribution in [3.63, 3.8) is 0 Å². The molecule has 0 fully saturated rings. The van der Waals surface area contributed by atoms with E-state index >= 15 is 0 Å². The third kappa shape index (κ3) is 18.8. The Labute approximate surface area is 262 Å². The smallest absolute Gasteiger partial charge is 0.344 e. The summed E-state index contributed by atoms with van der Waals surface area (Å²) in [6.45, 7) is 6.10. The first-order valence-corrected chi connectivity index (χ1v) is 17.6. The maximum Gasteiger partial charge on any atom is 0.344 e. The molecule has 0 amide bonds. The average Bonchev–Trinajstić information content (AvgIpc) is 3.00. The Hall–Kier alpha value is -2.37. The van der Waals surface area contributed by atoms with Gasteiger partial charge in [-0.25, -0.2) is 14.4 Å². The van der Waals surface area contributed by atoms with Gasteiger partial charge in [0, 0.05) is 0 Å². The Morgan fingerprint density at radius 2 is 1.07 bits per heavy atom. The first-order valence-electron chi connectivity index (χ1n) is 17.6. The van der Waals surface area contributed by atoms with E-state index in [1.54, 1.807) is 12.1 Å². The van der Waals surface area contributed by atoms with Gasteiger partial charge in [0.25, 0.3) is 0 Å². The van der Waals surface area contributed by atoms with E-state index in [0.717, 1.165) is 38.5 Å². The van der Waals surface area contributed by atoms with E-state index in [1.807, 2.05) is 6.07 Å². The number of aliphatic carboxylic acids is 1. The fourth-order valence-electron chi connectivity index (χ4n) is 5.48. The zero-order valence-corrected chi connectivity index (χ0v) is 27.8. The fraction of sp³-hybridized carbons (Fsp3) is 0.757. The average molecular weight is 603 g/mol. The molecule has 0 heterocycles. The summed E-state index contributed by atoms with van der Waals surface area (Å²) in [5.41, 5.74) is 1.01. The molecule has 0 aromatic heterocycles. The highest BCUT2D eigenvalue weighted by atomic mass is 16.6. The van der Waals surface area contributed by atoms with Gasteiger partial charge in [0.15, 0.2) is 6.10 Å². The lowest BCUT2D eigenvalue weighted by Gasteiger charge is -2.16. The van der Waals surface area contributed by atoms with Crippen molar-refractivity contribution in [2.24, 2.45) is 0 Å². The Balaban J connectivity index is 2.54. The maximum atomic E-state index is 13.1. The summed E-state index contributed by atoms with van der Waals surface area (Å²) in [4.78, 5) is 37.5. The van der Waals surface area contributed by atoms with Gasteiger partial charge < -0.3 is 14.6 Å². The Morgan fingerprint density at radius 1 is 0.628 bits per heavy atom. The van der Waals surface area contributed by atoms with Crippen LogP contribution in [0.25, 0.3) is 0 Å². The van der Waals surface area contributed by atoms with Crippen molar-refractivity contribution in [1.82, 2.24) is 0 Å². The number of hydrogen-bond donors (Lipinski definition) is 1. The minimum atomic E-state index is -1.30. The number of ether oxygens (including phenoxy) is 2. The van der Waals surface area contributed by atoms with E-state index in [4.69, 9.17) is 9.47 Å². The molecule has 6 heteroatoms. The zero-order chi connectivity index (χ0) is 31.5. The van der Waals surface area contributed by atoms with Crippen molar-refractivity contribution in [3.8, 4) is 0 Å². The van der Waals surface area contributed by atoms with E-state index in [2.05, 4.69) is 13.8 Å². The number of carboxylic acids is 1. The van der Waals surface area contributed by atoms with Crippen LogP contribution < -0.4 is 0 Å². The third-order valence-corrected chi connectivity index (χ3v) is 8.24. The highest BCUT2D eigenvalue weighted by molar-refractivity contribution is 6.04. The summed E-state index contributed by atoms with van der Waals surface area (Å²) in [5, 5.41) is 9.25. The second-order valence-electron chi connectivity index (χ2n) is 12.2. The molecule has 1 rings (SSSR count). The Kier molecular flexibility index (Phi) is 23.4. The molecule has 1 aromatic rings. The SMILES string of the molecule is CCCCCCCCCCCCCOC(=O)c1cccc(CCCCCCCCCCCCC)c1C(=O)OC(C)C(=O)O. The van der Waals surface area contributed by atoms with Gasteiger partial charge in [-0.1, -0.05) is 154 Å². The highest BCUT2D eigenvalue weighted by Gasteiger charge is 2.26. The van der Waals surface area contributed by atoms with Gasteiger partial charge in [-0.2, -0.15) is 0 Å². The maximum absolute atomic E-state index is 13.1. The topological polar surface area (TPSA) is 89.9 Å². The predicted molar refractivity (Wildman–Crippen MR) is 176 cm³/mol. The van der Waals surface area contributed by atoms with Crippen LogP contribution in [0.5, 0.6) is 0 Å². The number of carbonyl (C=O) groups is 3. The summed E-state index contributed by atoms with van der Waals surface area (Å²) in [6, 6.07) is 5.18. The van der Waals surface area contributed by atoms with Crippen molar-refractivity contribution in [2.75, 3.05) is 6.61 Å². The van der Waals surface area contributed by atoms with Crippen LogP contribution in [-0.2, 0) is 20.7 Å². The van der Waals surface area contributed by atoms with Crippen LogP contribution in [-0.4, -0.2) is 35.7 Å². The van der Waals surface area contributed by atoms with Crippen LogP contribution in [0.2, 0.25) is 0 Å². The van der Waals surface area contributed by atoms with Crippen molar-refractivity contribution >= 4 is 17.9 Å². The molecule has 1 N–H and O–H groups in total. The molecular formula is C37H62O6. The van der Waals surface area contributed by atoms with E-state index < -0.39 is 24.0 Å². The zero-order valence-electron chi connectivity index (χ0n) is 27.8. The normalized spacial score (nSPS) is 11.8. The lowest BCUT2D eigenvalue weighted by atomic mass is 9.96. The summed E-state index contributed by atoms with van der Waals surface area (Å²) >= 11 is 0. The van der Waals surface area contributed by atoms with Gasteiger partial charge in [-0.3, -0.25) is 0 Å². The molecule has 0 saturated heterocycles. The Bertz CT molecular complexity index is 880. The largest absolute Gasteiger partial charge is 0.479 e. The molecule has 1 unspecified atom stereocenters. The number of hydrogen-bond acceptors (Lipinski definition) is 5. The first-order chi connectivity index (χ1) is 20.9. The fourth-order valence-corrected chi connectivity index (χ4v) is 5.48. The molecule has 0 spiro atoms. The second kappa shape index (κ2) is 26.1. The lowest BCUT2D eigenvalue weighted by molar-refractivity contribution is -0.146. The van der Waals surface area contributed by atoms with Crippen molar-refractivity contribution in [2.45, 2.75) is 175 Å². The standard InChI is InChI=1S/C37H62O6/c1-4-6-8-10-12-14-16-18-20-22-24-27-32-28-26-29-33(34(32)37(41)43-31(3)35(38)39)36(40)42-30-25-23-21-19-17-15-13-11-9-7-5-2/h26,28-29,31H,4-25,27,30H2,1-3H3,(H,38,39). The van der Waals surface area contributed by atoms with E-state index in [0.29, 0.717) is 18.6 Å². The van der Waals surface area contributed by atoms with Gasteiger partial charge in [-0.05, 0) is 37.8 Å². The monoisotopic (exact) mass is 602 g/mol. The van der Waals surface area contributed by atoms with Crippen molar-refractivity contribution < 1.29 is 29.0 Å². The Morgan fingerprint density at radius 3 is 1.53 bits per heavy atom. The summed E-state index contributed by atoms with van der Waals surface area (Å²) in [6.07, 6.45) is 26.1. The molecule has 0 bridgehead atoms. The molecule has 43 heavy (non-hydrogen) atoms. The minimum Gasteiger partial charge on any atom is -0.479 e. The minimum absolute atomic E-state index is 0.145. The first kappa shape index (κ1) is 38.7. The number of unbranched alkanes of at least 4 members (excludes halogenated alkanes) is 20. The van der Waals surface area contributed by atoms with Gasteiger partial charge in [0.2, 0.25) is 0 Å². The van der Waals surface area contributed by atoms with E-state index in [9.17, 15) is 19.5 Å². The molecule has 246 valence electrons. The summed E-state index contributed by atoms with van der Waals surface area (Å²) < 4.78 is 10.8. The summed E-state index contributed by atoms with van der Waals surface area (Å²) in [5.74, 6) is -2.56. The molecule has 6 nitrogen and oxygen atoms in total. The number of rotatable bonds is 28. The number of aryl methyl sites for hydroxylation is 1. The van der Waals surface area contributed by atoms with Gasteiger partial charge in [-0.15, -0.1) is 0 Å². The van der Waals surface area contributed by atoms with Crippen molar-refractivity contribution in [3.05, 3.63) is 34.9 Å². The van der Waals surface area contributed by atoms with Gasteiger partial charge in [0.1, 0.15) is 0 Å². The van der Waals surface area contributed by atoms with Gasteiger partial charge in [0.05, 0.1) is 17.7 Å². The molecule has 0 saturated carbocycles. The molecule has 0 aliphatic carbocycles. The highest BCUT2D eigenvalue weighted by Crippen LogP contribution is 2.22. The molecule has 0 aliphatic heterocycles. The van der Waals surface area contributed by atoms with Crippen LogP contribution in [0.4, 0.5) is 0 Å². The number of carbonyl (C=O) groups excluding carboxylic acids is 2. The molecule has 0 radical (unpaired) electrons. The van der Waals surface area contributed by atoms with E-state index in [1.165, 1.54) is 110 Å². The quantitative estimate of drug-likeness (QED) is 0.0758. The van der Waals surface area contributed by atoms with Crippen LogP contribution in [0, 0.1) is 0 Å². The molecule has 0 aliphatic rings. The van der Waals surface area contributed by atoms with Gasteiger partial charge >= 0.3 is 17.9 Å². The number of benzene rings is 1.